The number of hydrogen-bond donors (Lipinski definition) is 0. The summed E-state index contributed by atoms with van der Waals surface area (Å²) in [4.78, 5) is 4.40. The molecule has 0 aliphatic heterocycles. The van der Waals surface area contributed by atoms with Crippen LogP contribution in [0.5, 0.6) is 0 Å². The van der Waals surface area contributed by atoms with Gasteiger partial charge in [0.25, 0.3) is 0 Å². The van der Waals surface area contributed by atoms with Gasteiger partial charge in [-0.05, 0) is 28.8 Å². The van der Waals surface area contributed by atoms with Crippen molar-refractivity contribution in [3.8, 4) is 17.2 Å². The molecular weight excluding hydrogens is 272 g/mol. The molecule has 0 unspecified atom stereocenters. The summed E-state index contributed by atoms with van der Waals surface area (Å²) in [6, 6.07) is 14.7. The zero-order valence-electron chi connectivity index (χ0n) is 12.0. The van der Waals surface area contributed by atoms with Gasteiger partial charge in [-0.15, -0.1) is 0 Å². The Labute approximate surface area is 127 Å². The molecule has 0 atom stereocenters. The molecule has 0 bridgehead atoms. The monoisotopic (exact) mass is 284 g/mol. The molecule has 0 N–H and O–H groups in total. The number of fused-ring (bicyclic) bond motifs is 2. The lowest BCUT2D eigenvalue weighted by Crippen LogP contribution is -1.93. The predicted molar refractivity (Wildman–Crippen MR) is 85.4 cm³/mol. The summed E-state index contributed by atoms with van der Waals surface area (Å²) in [5, 5.41) is 15.7. The highest BCUT2D eigenvalue weighted by molar-refractivity contribution is 5.98. The van der Waals surface area contributed by atoms with Crippen molar-refractivity contribution in [2.24, 2.45) is 0 Å². The van der Waals surface area contributed by atoms with E-state index in [0.29, 0.717) is 11.2 Å². The Morgan fingerprint density at radius 3 is 2.68 bits per heavy atom. The molecule has 0 radical (unpaired) electrons. The standard InChI is InChI=1S/C18H12N4/c1-12-6-7-16(17-5-3-2-4-15(12)17)14-9-20-18-13(8-19)10-21-22(18)11-14/h2-7,9-11H,1H3. The van der Waals surface area contributed by atoms with E-state index in [4.69, 9.17) is 5.26 Å². The average molecular weight is 284 g/mol. The van der Waals surface area contributed by atoms with Gasteiger partial charge in [0.15, 0.2) is 5.65 Å². The zero-order chi connectivity index (χ0) is 15.1. The van der Waals surface area contributed by atoms with Crippen LogP contribution in [0.1, 0.15) is 11.1 Å². The summed E-state index contributed by atoms with van der Waals surface area (Å²) in [6.45, 7) is 2.11. The van der Waals surface area contributed by atoms with E-state index < -0.39 is 0 Å². The van der Waals surface area contributed by atoms with Crippen LogP contribution in [0.25, 0.3) is 27.5 Å². The highest BCUT2D eigenvalue weighted by atomic mass is 15.2. The Balaban J connectivity index is 2.00. The number of aryl methyl sites for hydroxylation is 1. The van der Waals surface area contributed by atoms with Crippen LogP contribution in [0.2, 0.25) is 0 Å². The molecule has 0 fully saturated rings. The number of nitriles is 1. The predicted octanol–water partition coefficient (Wildman–Crippen LogP) is 3.73. The van der Waals surface area contributed by atoms with Gasteiger partial charge in [0.05, 0.1) is 6.20 Å². The summed E-state index contributed by atoms with van der Waals surface area (Å²) in [5.74, 6) is 0. The molecular formula is C18H12N4. The third-order valence-electron chi connectivity index (χ3n) is 3.93. The van der Waals surface area contributed by atoms with Crippen molar-refractivity contribution >= 4 is 16.4 Å². The third-order valence-corrected chi connectivity index (χ3v) is 3.93. The SMILES string of the molecule is Cc1ccc(-c2cnc3c(C#N)cnn3c2)c2ccccc12. The van der Waals surface area contributed by atoms with E-state index >= 15 is 0 Å². The Hall–Kier alpha value is -3.19. The number of rotatable bonds is 1. The molecule has 2 aromatic carbocycles. The Bertz CT molecular complexity index is 1050. The summed E-state index contributed by atoms with van der Waals surface area (Å²) in [6.07, 6.45) is 5.26. The number of nitrogens with zero attached hydrogens (tertiary/aromatic N) is 4. The number of hydrogen-bond acceptors (Lipinski definition) is 3. The molecule has 0 amide bonds. The van der Waals surface area contributed by atoms with E-state index in [1.54, 1.807) is 16.9 Å². The fourth-order valence-corrected chi connectivity index (χ4v) is 2.79. The van der Waals surface area contributed by atoms with E-state index in [1.807, 2.05) is 18.3 Å². The van der Waals surface area contributed by atoms with Gasteiger partial charge < -0.3 is 0 Å². The first kappa shape index (κ1) is 12.5. The van der Waals surface area contributed by atoms with Gasteiger partial charge in [0.1, 0.15) is 11.6 Å². The average Bonchev–Trinajstić information content (AvgIpc) is 2.97. The van der Waals surface area contributed by atoms with E-state index in [-0.39, 0.29) is 0 Å². The quantitative estimate of drug-likeness (QED) is 0.535. The lowest BCUT2D eigenvalue weighted by Gasteiger charge is -2.09. The van der Waals surface area contributed by atoms with Crippen molar-refractivity contribution in [1.82, 2.24) is 14.6 Å². The molecule has 4 nitrogen and oxygen atoms in total. The zero-order valence-corrected chi connectivity index (χ0v) is 12.0. The van der Waals surface area contributed by atoms with Gasteiger partial charge in [-0.3, -0.25) is 0 Å². The fraction of sp³-hybridized carbons (Fsp3) is 0.0556. The molecule has 2 heterocycles. The molecule has 0 saturated heterocycles. The van der Waals surface area contributed by atoms with Gasteiger partial charge in [-0.25, -0.2) is 9.50 Å². The third kappa shape index (κ3) is 1.76. The van der Waals surface area contributed by atoms with Gasteiger partial charge in [0, 0.05) is 18.0 Å². The first-order chi connectivity index (χ1) is 10.8. The molecule has 22 heavy (non-hydrogen) atoms. The van der Waals surface area contributed by atoms with Crippen molar-refractivity contribution in [1.29, 1.82) is 5.26 Å². The number of aromatic nitrogens is 3. The van der Waals surface area contributed by atoms with Gasteiger partial charge in [-0.2, -0.15) is 10.4 Å². The van der Waals surface area contributed by atoms with Crippen LogP contribution in [0.15, 0.2) is 55.0 Å². The molecule has 0 aliphatic carbocycles. The Morgan fingerprint density at radius 2 is 1.86 bits per heavy atom. The second-order valence-electron chi connectivity index (χ2n) is 5.26. The van der Waals surface area contributed by atoms with Crippen molar-refractivity contribution in [2.75, 3.05) is 0 Å². The van der Waals surface area contributed by atoms with Crippen LogP contribution in [-0.2, 0) is 0 Å². The van der Waals surface area contributed by atoms with Crippen molar-refractivity contribution < 1.29 is 0 Å². The van der Waals surface area contributed by atoms with Crippen LogP contribution < -0.4 is 0 Å². The maximum atomic E-state index is 9.04. The number of benzene rings is 2. The fourth-order valence-electron chi connectivity index (χ4n) is 2.79. The first-order valence-corrected chi connectivity index (χ1v) is 7.00. The topological polar surface area (TPSA) is 54.0 Å². The molecule has 4 aromatic rings. The molecule has 2 aromatic heterocycles. The summed E-state index contributed by atoms with van der Waals surface area (Å²) >= 11 is 0. The molecule has 4 heteroatoms. The van der Waals surface area contributed by atoms with E-state index in [0.717, 1.165) is 11.1 Å². The van der Waals surface area contributed by atoms with Crippen LogP contribution in [0.4, 0.5) is 0 Å². The maximum absolute atomic E-state index is 9.04. The lowest BCUT2D eigenvalue weighted by molar-refractivity contribution is 0.941. The molecule has 4 rings (SSSR count). The van der Waals surface area contributed by atoms with E-state index in [2.05, 4.69) is 47.3 Å². The minimum absolute atomic E-state index is 0.486. The van der Waals surface area contributed by atoms with Crippen molar-refractivity contribution in [3.63, 3.8) is 0 Å². The van der Waals surface area contributed by atoms with Crippen LogP contribution in [0, 0.1) is 18.3 Å². The molecule has 0 saturated carbocycles. The highest BCUT2D eigenvalue weighted by Crippen LogP contribution is 2.30. The maximum Gasteiger partial charge on any atom is 0.172 e. The minimum atomic E-state index is 0.486. The largest absolute Gasteiger partial charge is 0.235 e. The Morgan fingerprint density at radius 1 is 1.05 bits per heavy atom. The van der Waals surface area contributed by atoms with E-state index in [9.17, 15) is 0 Å². The summed E-state index contributed by atoms with van der Waals surface area (Å²) in [7, 11) is 0. The second kappa shape index (κ2) is 4.68. The van der Waals surface area contributed by atoms with E-state index in [1.165, 1.54) is 16.3 Å². The van der Waals surface area contributed by atoms with Gasteiger partial charge in [-0.1, -0.05) is 36.4 Å². The second-order valence-corrected chi connectivity index (χ2v) is 5.26. The highest BCUT2D eigenvalue weighted by Gasteiger charge is 2.09. The van der Waals surface area contributed by atoms with Crippen LogP contribution in [-0.4, -0.2) is 14.6 Å². The van der Waals surface area contributed by atoms with Crippen molar-refractivity contribution in [2.45, 2.75) is 6.92 Å². The van der Waals surface area contributed by atoms with Crippen molar-refractivity contribution in [3.05, 3.63) is 66.1 Å². The smallest absolute Gasteiger partial charge is 0.172 e. The van der Waals surface area contributed by atoms with Crippen LogP contribution >= 0.6 is 0 Å². The molecule has 104 valence electrons. The minimum Gasteiger partial charge on any atom is -0.235 e. The van der Waals surface area contributed by atoms with Gasteiger partial charge in [0.2, 0.25) is 0 Å². The normalized spacial score (nSPS) is 10.9. The lowest BCUT2D eigenvalue weighted by atomic mass is 9.97. The molecule has 0 spiro atoms. The van der Waals surface area contributed by atoms with Gasteiger partial charge >= 0.3 is 0 Å². The first-order valence-electron chi connectivity index (χ1n) is 7.00. The van der Waals surface area contributed by atoms with Crippen LogP contribution in [0.3, 0.4) is 0 Å². The summed E-state index contributed by atoms with van der Waals surface area (Å²) < 4.78 is 1.66. The summed E-state index contributed by atoms with van der Waals surface area (Å²) in [5.41, 5.74) is 4.42. The Kier molecular flexibility index (Phi) is 2.67. The molecule has 0 aliphatic rings.